The van der Waals surface area contributed by atoms with Crippen LogP contribution in [-0.2, 0) is 4.74 Å². The zero-order valence-corrected chi connectivity index (χ0v) is 9.96. The topological polar surface area (TPSA) is 94.5 Å². The molecule has 0 radical (unpaired) electrons. The number of rotatable bonds is 2. The highest BCUT2D eigenvalue weighted by atomic mass is 16.5. The van der Waals surface area contributed by atoms with E-state index in [2.05, 4.69) is 15.4 Å². The number of ether oxygens (including phenoxy) is 1. The Labute approximate surface area is 94.6 Å². The van der Waals surface area contributed by atoms with E-state index in [1.54, 1.807) is 6.92 Å². The second-order valence-electron chi connectivity index (χ2n) is 3.16. The number of amides is 4. The smallest absolute Gasteiger partial charge is 0.334 e. The summed E-state index contributed by atoms with van der Waals surface area (Å²) in [4.78, 5) is 23.6. The van der Waals surface area contributed by atoms with E-state index in [4.69, 9.17) is 5.41 Å². The second-order valence-corrected chi connectivity index (χ2v) is 3.16. The Kier molecular flexibility index (Phi) is 5.91. The Morgan fingerprint density at radius 3 is 2.38 bits per heavy atom. The lowest BCUT2D eigenvalue weighted by atomic mass is 10.3. The highest BCUT2D eigenvalue weighted by Crippen LogP contribution is 1.97. The monoisotopic (exact) mass is 230 g/mol. The van der Waals surface area contributed by atoms with Crippen LogP contribution in [0.5, 0.6) is 0 Å². The molecule has 0 aromatic rings. The first-order valence-electron chi connectivity index (χ1n) is 4.92. The summed E-state index contributed by atoms with van der Waals surface area (Å²) in [6.45, 7) is 3.70. The van der Waals surface area contributed by atoms with Gasteiger partial charge in [-0.2, -0.15) is 4.90 Å². The van der Waals surface area contributed by atoms with E-state index < -0.39 is 18.1 Å². The largest absolute Gasteiger partial charge is 0.468 e. The molecule has 1 unspecified atom stereocenters. The van der Waals surface area contributed by atoms with E-state index in [1.807, 2.05) is 6.92 Å². The Hall–Kier alpha value is -1.79. The molecule has 0 saturated carbocycles. The molecule has 0 heterocycles. The van der Waals surface area contributed by atoms with Gasteiger partial charge in [-0.25, -0.2) is 9.59 Å². The van der Waals surface area contributed by atoms with Crippen molar-refractivity contribution >= 4 is 18.1 Å². The lowest BCUT2D eigenvalue weighted by Crippen LogP contribution is -2.52. The first-order chi connectivity index (χ1) is 7.47. The molecule has 0 rings (SSSR count). The predicted octanol–water partition coefficient (Wildman–Crippen LogP) is 0.717. The van der Waals surface area contributed by atoms with Crippen LogP contribution < -0.4 is 10.6 Å². The van der Waals surface area contributed by atoms with Gasteiger partial charge in [0.05, 0.1) is 7.11 Å². The third-order valence-corrected chi connectivity index (χ3v) is 2.00. The molecule has 7 heteroatoms. The average molecular weight is 230 g/mol. The summed E-state index contributed by atoms with van der Waals surface area (Å²) in [7, 11) is 2.59. The van der Waals surface area contributed by atoms with Crippen LogP contribution in [0.2, 0.25) is 0 Å². The van der Waals surface area contributed by atoms with Gasteiger partial charge in [-0.15, -0.1) is 0 Å². The van der Waals surface area contributed by atoms with E-state index in [1.165, 1.54) is 14.2 Å². The fraction of sp³-hybridized carbons (Fsp3) is 0.667. The molecule has 1 atom stereocenters. The molecule has 0 bridgehead atoms. The van der Waals surface area contributed by atoms with Gasteiger partial charge in [-0.05, 0) is 13.3 Å². The maximum Gasteiger partial charge on any atom is 0.334 e. The van der Waals surface area contributed by atoms with Crippen molar-refractivity contribution in [3.63, 3.8) is 0 Å². The van der Waals surface area contributed by atoms with Crippen molar-refractivity contribution < 1.29 is 14.3 Å². The fourth-order valence-electron chi connectivity index (χ4n) is 0.857. The summed E-state index contributed by atoms with van der Waals surface area (Å²) in [6.07, 6.45) is 0.730. The number of hydrogen-bond acceptors (Lipinski definition) is 4. The van der Waals surface area contributed by atoms with Gasteiger partial charge in [-0.3, -0.25) is 5.41 Å². The van der Waals surface area contributed by atoms with Crippen molar-refractivity contribution in [2.24, 2.45) is 0 Å². The zero-order valence-electron chi connectivity index (χ0n) is 9.96. The summed E-state index contributed by atoms with van der Waals surface area (Å²) in [5.41, 5.74) is 0. The normalized spacial score (nSPS) is 11.2. The first-order valence-corrected chi connectivity index (χ1v) is 4.92. The molecule has 0 aliphatic rings. The number of hydrogen-bond donors (Lipinski definition) is 3. The number of carbonyl (C=O) groups is 2. The van der Waals surface area contributed by atoms with Crippen LogP contribution in [0, 0.1) is 5.41 Å². The average Bonchev–Trinajstić information content (AvgIpc) is 2.28. The van der Waals surface area contributed by atoms with Gasteiger partial charge in [-0.1, -0.05) is 6.92 Å². The zero-order chi connectivity index (χ0) is 12.7. The fourth-order valence-corrected chi connectivity index (χ4v) is 0.857. The molecule has 0 spiro atoms. The quantitative estimate of drug-likeness (QED) is 0.482. The molecular weight excluding hydrogens is 212 g/mol. The molecule has 0 aliphatic heterocycles. The molecule has 4 amide bonds. The van der Waals surface area contributed by atoms with Crippen molar-refractivity contribution in [2.45, 2.75) is 26.3 Å². The van der Waals surface area contributed by atoms with Crippen LogP contribution in [0.15, 0.2) is 0 Å². The summed E-state index contributed by atoms with van der Waals surface area (Å²) in [5.74, 6) is 0. The van der Waals surface area contributed by atoms with Crippen LogP contribution in [0.25, 0.3) is 0 Å². The van der Waals surface area contributed by atoms with Crippen LogP contribution in [0.3, 0.4) is 0 Å². The summed E-state index contributed by atoms with van der Waals surface area (Å²) >= 11 is 0. The van der Waals surface area contributed by atoms with Crippen molar-refractivity contribution in [3.8, 4) is 0 Å². The van der Waals surface area contributed by atoms with Crippen LogP contribution in [0.4, 0.5) is 9.59 Å². The lowest BCUT2D eigenvalue weighted by Gasteiger charge is -2.21. The van der Waals surface area contributed by atoms with Gasteiger partial charge in [0.2, 0.25) is 0 Å². The molecule has 7 nitrogen and oxygen atoms in total. The third-order valence-electron chi connectivity index (χ3n) is 2.00. The van der Waals surface area contributed by atoms with E-state index in [-0.39, 0.29) is 6.04 Å². The van der Waals surface area contributed by atoms with Crippen LogP contribution in [0.1, 0.15) is 20.3 Å². The number of nitrogens with zero attached hydrogens (tertiary/aromatic N) is 1. The van der Waals surface area contributed by atoms with Crippen molar-refractivity contribution in [3.05, 3.63) is 0 Å². The number of carbonyl (C=O) groups excluding carboxylic acids is 2. The number of methoxy groups -OCH3 is 1. The van der Waals surface area contributed by atoms with Crippen molar-refractivity contribution in [1.29, 1.82) is 5.41 Å². The van der Waals surface area contributed by atoms with Crippen LogP contribution >= 0.6 is 0 Å². The number of urea groups is 2. The van der Waals surface area contributed by atoms with E-state index >= 15 is 0 Å². The standard InChI is InChI=1S/C9H18N4O3/c1-5-6(2)12-9(15)13(7(10)16-4)8(14)11-3/h6,10H,5H2,1-4H3,(H,11,14)(H,12,15). The van der Waals surface area contributed by atoms with Crippen molar-refractivity contribution in [1.82, 2.24) is 15.5 Å². The van der Waals surface area contributed by atoms with E-state index in [0.717, 1.165) is 6.42 Å². The first kappa shape index (κ1) is 14.2. The lowest BCUT2D eigenvalue weighted by molar-refractivity contribution is 0.193. The highest BCUT2D eigenvalue weighted by molar-refractivity contribution is 6.08. The molecule has 3 N–H and O–H groups in total. The molecule has 92 valence electrons. The Morgan fingerprint density at radius 1 is 1.44 bits per heavy atom. The number of imide groups is 1. The van der Waals surface area contributed by atoms with E-state index in [0.29, 0.717) is 4.90 Å². The van der Waals surface area contributed by atoms with Gasteiger partial charge < -0.3 is 15.4 Å². The maximum atomic E-state index is 11.6. The number of amidine groups is 1. The van der Waals surface area contributed by atoms with Gasteiger partial charge in [0.1, 0.15) is 0 Å². The predicted molar refractivity (Wildman–Crippen MR) is 59.3 cm³/mol. The molecule has 0 fully saturated rings. The Balaban J connectivity index is 4.70. The van der Waals surface area contributed by atoms with Gasteiger partial charge >= 0.3 is 18.1 Å². The van der Waals surface area contributed by atoms with Gasteiger partial charge in [0.25, 0.3) is 0 Å². The molecule has 0 aromatic carbocycles. The van der Waals surface area contributed by atoms with E-state index in [9.17, 15) is 9.59 Å². The SMILES string of the molecule is CCC(C)NC(=O)N(C(=N)OC)C(=O)NC. The molecule has 16 heavy (non-hydrogen) atoms. The third kappa shape index (κ3) is 3.76. The Bertz CT molecular complexity index is 264. The number of nitrogens with one attached hydrogen (secondary N) is 3. The minimum absolute atomic E-state index is 0.0793. The minimum Gasteiger partial charge on any atom is -0.468 e. The summed E-state index contributed by atoms with van der Waals surface area (Å²) in [5, 5.41) is 12.2. The van der Waals surface area contributed by atoms with Gasteiger partial charge in [0.15, 0.2) is 0 Å². The Morgan fingerprint density at radius 2 is 2.00 bits per heavy atom. The molecular formula is C9H18N4O3. The van der Waals surface area contributed by atoms with Gasteiger partial charge in [0, 0.05) is 13.1 Å². The molecule has 0 saturated heterocycles. The summed E-state index contributed by atoms with van der Waals surface area (Å²) < 4.78 is 4.56. The second kappa shape index (κ2) is 6.65. The van der Waals surface area contributed by atoms with Crippen molar-refractivity contribution in [2.75, 3.05) is 14.2 Å². The maximum absolute atomic E-state index is 11.6. The summed E-state index contributed by atoms with van der Waals surface area (Å²) in [6, 6.07) is -2.00. The molecule has 0 aliphatic carbocycles. The molecule has 0 aromatic heterocycles. The minimum atomic E-state index is -0.715. The van der Waals surface area contributed by atoms with Crippen LogP contribution in [-0.4, -0.2) is 43.2 Å². The highest BCUT2D eigenvalue weighted by Gasteiger charge is 2.26.